The number of benzene rings is 1. The van der Waals surface area contributed by atoms with Gasteiger partial charge >= 0.3 is 0 Å². The first-order valence-electron chi connectivity index (χ1n) is 9.65. The Balaban J connectivity index is 0.00000364. The van der Waals surface area contributed by atoms with Crippen LogP contribution in [0.3, 0.4) is 0 Å². The summed E-state index contributed by atoms with van der Waals surface area (Å²) in [6.45, 7) is 7.72. The Morgan fingerprint density at radius 2 is 1.89 bits per heavy atom. The third-order valence-corrected chi connectivity index (χ3v) is 4.63. The molecule has 6 nitrogen and oxygen atoms in total. The van der Waals surface area contributed by atoms with E-state index >= 15 is 0 Å². The van der Waals surface area contributed by atoms with Crippen molar-refractivity contribution in [1.82, 2.24) is 15.5 Å². The van der Waals surface area contributed by atoms with E-state index in [0.717, 1.165) is 18.3 Å². The van der Waals surface area contributed by atoms with Gasteiger partial charge in [-0.05, 0) is 43.5 Å². The number of rotatable bonds is 9. The zero-order valence-corrected chi connectivity index (χ0v) is 19.2. The number of aliphatic imine (C=N–C) groups is 1. The monoisotopic (exact) mass is 490 g/mol. The maximum absolute atomic E-state index is 5.59. The van der Waals surface area contributed by atoms with Crippen LogP contribution in [0.25, 0.3) is 0 Å². The second-order valence-electron chi connectivity index (χ2n) is 6.67. The van der Waals surface area contributed by atoms with Gasteiger partial charge in [-0.2, -0.15) is 0 Å². The minimum atomic E-state index is 0. The van der Waals surface area contributed by atoms with E-state index in [4.69, 9.17) is 9.47 Å². The Kier molecular flexibility index (Phi) is 12.4. The van der Waals surface area contributed by atoms with Crippen molar-refractivity contribution in [1.29, 1.82) is 0 Å². The summed E-state index contributed by atoms with van der Waals surface area (Å²) in [6.07, 6.45) is 3.58. The van der Waals surface area contributed by atoms with E-state index in [-0.39, 0.29) is 24.0 Å². The molecule has 1 aromatic rings. The first kappa shape index (κ1) is 24.0. The Hall–Kier alpha value is -1.06. The molecule has 27 heavy (non-hydrogen) atoms. The highest BCUT2D eigenvalue weighted by atomic mass is 127. The first-order chi connectivity index (χ1) is 12.7. The van der Waals surface area contributed by atoms with E-state index < -0.39 is 0 Å². The highest BCUT2D eigenvalue weighted by Crippen LogP contribution is 2.12. The number of hydrogen-bond acceptors (Lipinski definition) is 4. The van der Waals surface area contributed by atoms with Crippen molar-refractivity contribution in [2.24, 2.45) is 4.99 Å². The number of nitrogens with one attached hydrogen (secondary N) is 2. The maximum atomic E-state index is 5.59. The predicted octanol–water partition coefficient (Wildman–Crippen LogP) is 2.87. The molecule has 1 fully saturated rings. The molecule has 2 N–H and O–H groups in total. The van der Waals surface area contributed by atoms with E-state index in [1.807, 2.05) is 19.2 Å². The Morgan fingerprint density at radius 3 is 2.48 bits per heavy atom. The van der Waals surface area contributed by atoms with E-state index in [1.54, 1.807) is 7.11 Å². The van der Waals surface area contributed by atoms with Gasteiger partial charge in [-0.25, -0.2) is 0 Å². The van der Waals surface area contributed by atoms with E-state index in [2.05, 4.69) is 39.6 Å². The van der Waals surface area contributed by atoms with Gasteiger partial charge < -0.3 is 25.0 Å². The van der Waals surface area contributed by atoms with Crippen LogP contribution < -0.4 is 15.4 Å². The van der Waals surface area contributed by atoms with Crippen LogP contribution in [0, 0.1) is 0 Å². The fraction of sp³-hybridized carbons (Fsp3) is 0.650. The summed E-state index contributed by atoms with van der Waals surface area (Å²) in [5.41, 5.74) is 1.20. The van der Waals surface area contributed by atoms with E-state index in [0.29, 0.717) is 19.3 Å². The second kappa shape index (κ2) is 14.0. The van der Waals surface area contributed by atoms with Crippen molar-refractivity contribution in [2.75, 3.05) is 47.0 Å². The molecule has 1 aliphatic heterocycles. The molecular formula is C20H35IN4O2. The lowest BCUT2D eigenvalue weighted by molar-refractivity contribution is 0.146. The zero-order valence-electron chi connectivity index (χ0n) is 16.9. The molecule has 0 spiro atoms. The summed E-state index contributed by atoms with van der Waals surface area (Å²) >= 11 is 0. The van der Waals surface area contributed by atoms with Gasteiger partial charge in [-0.15, -0.1) is 24.0 Å². The fourth-order valence-corrected chi connectivity index (χ4v) is 3.14. The molecule has 7 heteroatoms. The van der Waals surface area contributed by atoms with Crippen LogP contribution in [0.5, 0.6) is 5.75 Å². The number of halogens is 1. The molecule has 1 aromatic carbocycles. The number of hydrogen-bond donors (Lipinski definition) is 2. The summed E-state index contributed by atoms with van der Waals surface area (Å²) in [6, 6.07) is 8.64. The summed E-state index contributed by atoms with van der Waals surface area (Å²) < 4.78 is 10.6. The van der Waals surface area contributed by atoms with Crippen LogP contribution in [0.1, 0.15) is 31.7 Å². The van der Waals surface area contributed by atoms with Crippen LogP contribution in [0.15, 0.2) is 29.3 Å². The quantitative estimate of drug-likeness (QED) is 0.241. The lowest BCUT2D eigenvalue weighted by Gasteiger charge is -2.32. The van der Waals surface area contributed by atoms with Crippen molar-refractivity contribution in [2.45, 2.75) is 38.8 Å². The third kappa shape index (κ3) is 9.12. The number of ether oxygens (including phenoxy) is 2. The summed E-state index contributed by atoms with van der Waals surface area (Å²) in [7, 11) is 3.50. The van der Waals surface area contributed by atoms with Crippen molar-refractivity contribution < 1.29 is 9.47 Å². The van der Waals surface area contributed by atoms with Gasteiger partial charge in [0.25, 0.3) is 0 Å². The molecule has 154 valence electrons. The maximum Gasteiger partial charge on any atom is 0.191 e. The topological polar surface area (TPSA) is 58.1 Å². The SMILES string of the molecule is CCCN1CCC(NC(=NC)NCc2ccc(OCCOC)cc2)CC1.I. The lowest BCUT2D eigenvalue weighted by atomic mass is 10.1. The highest BCUT2D eigenvalue weighted by molar-refractivity contribution is 14.0. The summed E-state index contributed by atoms with van der Waals surface area (Å²) in [4.78, 5) is 6.91. The predicted molar refractivity (Wildman–Crippen MR) is 122 cm³/mol. The molecule has 2 rings (SSSR count). The van der Waals surface area contributed by atoms with Crippen LogP contribution >= 0.6 is 24.0 Å². The number of likely N-dealkylation sites (tertiary alicyclic amines) is 1. The van der Waals surface area contributed by atoms with Crippen LogP contribution in [0.2, 0.25) is 0 Å². The Morgan fingerprint density at radius 1 is 1.19 bits per heavy atom. The summed E-state index contributed by atoms with van der Waals surface area (Å²) in [5.74, 6) is 1.74. The van der Waals surface area contributed by atoms with Gasteiger partial charge in [0.1, 0.15) is 12.4 Å². The average molecular weight is 490 g/mol. The lowest BCUT2D eigenvalue weighted by Crippen LogP contribution is -2.48. The normalized spacial score (nSPS) is 15.9. The van der Waals surface area contributed by atoms with Crippen LogP contribution in [-0.4, -0.2) is 63.9 Å². The Labute approximate surface area is 181 Å². The Bertz CT molecular complexity index is 531. The minimum absolute atomic E-state index is 0. The highest BCUT2D eigenvalue weighted by Gasteiger charge is 2.19. The van der Waals surface area contributed by atoms with Crippen molar-refractivity contribution >= 4 is 29.9 Å². The zero-order chi connectivity index (χ0) is 18.6. The van der Waals surface area contributed by atoms with Gasteiger partial charge in [0.05, 0.1) is 6.61 Å². The number of guanidine groups is 1. The first-order valence-corrected chi connectivity index (χ1v) is 9.65. The number of nitrogens with zero attached hydrogens (tertiary/aromatic N) is 2. The molecule has 1 heterocycles. The van der Waals surface area contributed by atoms with Gasteiger partial charge in [0.15, 0.2) is 5.96 Å². The molecule has 1 saturated heterocycles. The third-order valence-electron chi connectivity index (χ3n) is 4.63. The summed E-state index contributed by atoms with van der Waals surface area (Å²) in [5, 5.41) is 6.96. The fourth-order valence-electron chi connectivity index (χ4n) is 3.14. The van der Waals surface area contributed by atoms with Crippen LogP contribution in [0.4, 0.5) is 0 Å². The van der Waals surface area contributed by atoms with Crippen molar-refractivity contribution in [3.05, 3.63) is 29.8 Å². The largest absolute Gasteiger partial charge is 0.491 e. The minimum Gasteiger partial charge on any atom is -0.491 e. The standard InChI is InChI=1S/C20H34N4O2.HI/c1-4-11-24-12-9-18(10-13-24)23-20(21-2)22-16-17-5-7-19(8-6-17)26-15-14-25-3;/h5-8,18H,4,9-16H2,1-3H3,(H2,21,22,23);1H. The molecule has 0 bridgehead atoms. The molecule has 0 saturated carbocycles. The van der Waals surface area contributed by atoms with Gasteiger partial charge in [0, 0.05) is 39.8 Å². The van der Waals surface area contributed by atoms with Crippen molar-refractivity contribution in [3.8, 4) is 5.75 Å². The number of piperidine rings is 1. The second-order valence-corrected chi connectivity index (χ2v) is 6.67. The molecule has 0 amide bonds. The van der Waals surface area contributed by atoms with Crippen LogP contribution in [-0.2, 0) is 11.3 Å². The van der Waals surface area contributed by atoms with Gasteiger partial charge in [-0.1, -0.05) is 19.1 Å². The van der Waals surface area contributed by atoms with E-state index in [1.165, 1.54) is 44.5 Å². The molecule has 0 atom stereocenters. The smallest absolute Gasteiger partial charge is 0.191 e. The molecule has 0 aromatic heterocycles. The van der Waals surface area contributed by atoms with Crippen molar-refractivity contribution in [3.63, 3.8) is 0 Å². The molecule has 0 radical (unpaired) electrons. The molecule has 0 aliphatic carbocycles. The number of methoxy groups -OCH3 is 1. The molecular weight excluding hydrogens is 455 g/mol. The van der Waals surface area contributed by atoms with E-state index in [9.17, 15) is 0 Å². The molecule has 0 unspecified atom stereocenters. The van der Waals surface area contributed by atoms with Gasteiger partial charge in [-0.3, -0.25) is 4.99 Å². The molecule has 1 aliphatic rings. The average Bonchev–Trinajstić information content (AvgIpc) is 2.68. The van der Waals surface area contributed by atoms with Gasteiger partial charge in [0.2, 0.25) is 0 Å².